The van der Waals surface area contributed by atoms with Crippen molar-refractivity contribution in [3.05, 3.63) is 145 Å². The second kappa shape index (κ2) is 14.6. The molecule has 1 aliphatic rings. The molecular weight excluding hydrogens is 602 g/mol. The third-order valence-corrected chi connectivity index (χ3v) is 8.11. The molecule has 0 aliphatic carbocycles. The van der Waals surface area contributed by atoms with Crippen LogP contribution in [0.15, 0.2) is 134 Å². The summed E-state index contributed by atoms with van der Waals surface area (Å²) < 4.78 is 18.5. The van der Waals surface area contributed by atoms with Crippen LogP contribution in [0.25, 0.3) is 10.9 Å². The second-order valence-electron chi connectivity index (χ2n) is 11.4. The van der Waals surface area contributed by atoms with Crippen molar-refractivity contribution in [1.82, 2.24) is 14.9 Å². The van der Waals surface area contributed by atoms with Crippen molar-refractivity contribution in [1.29, 1.82) is 0 Å². The number of amides is 2. The summed E-state index contributed by atoms with van der Waals surface area (Å²) in [5.74, 6) is 3.50. The average Bonchev–Trinajstić information content (AvgIpc) is 3.15. The first-order valence-corrected chi connectivity index (χ1v) is 15.9. The van der Waals surface area contributed by atoms with Gasteiger partial charge in [0, 0.05) is 43.3 Å². The van der Waals surface area contributed by atoms with E-state index in [1.807, 2.05) is 132 Å². The number of anilines is 2. The fourth-order valence-electron chi connectivity index (χ4n) is 5.55. The summed E-state index contributed by atoms with van der Waals surface area (Å²) >= 11 is 0. The van der Waals surface area contributed by atoms with E-state index in [-0.39, 0.29) is 6.03 Å². The van der Waals surface area contributed by atoms with Gasteiger partial charge in [0.15, 0.2) is 11.5 Å². The first-order chi connectivity index (χ1) is 23.7. The van der Waals surface area contributed by atoms with Crippen LogP contribution in [0.2, 0.25) is 0 Å². The summed E-state index contributed by atoms with van der Waals surface area (Å²) in [5.41, 5.74) is 3.58. The van der Waals surface area contributed by atoms with E-state index in [9.17, 15) is 4.79 Å². The van der Waals surface area contributed by atoms with E-state index < -0.39 is 0 Å². The minimum atomic E-state index is -0.143. The van der Waals surface area contributed by atoms with Crippen LogP contribution < -0.4 is 24.4 Å². The van der Waals surface area contributed by atoms with Gasteiger partial charge in [0.05, 0.1) is 5.52 Å². The van der Waals surface area contributed by atoms with Gasteiger partial charge in [0.1, 0.15) is 36.9 Å². The number of urea groups is 1. The predicted molar refractivity (Wildman–Crippen MR) is 187 cm³/mol. The monoisotopic (exact) mass is 637 g/mol. The first-order valence-electron chi connectivity index (χ1n) is 15.9. The van der Waals surface area contributed by atoms with Crippen molar-refractivity contribution in [2.45, 2.75) is 13.2 Å². The second-order valence-corrected chi connectivity index (χ2v) is 11.4. The Morgan fingerprint density at radius 1 is 0.646 bits per heavy atom. The number of aromatic nitrogens is 2. The summed E-state index contributed by atoms with van der Waals surface area (Å²) in [6.45, 7) is 3.13. The quantitative estimate of drug-likeness (QED) is 0.163. The summed E-state index contributed by atoms with van der Waals surface area (Å²) in [5, 5.41) is 3.87. The molecule has 2 heterocycles. The van der Waals surface area contributed by atoms with Crippen LogP contribution in [0.3, 0.4) is 0 Å². The number of piperazine rings is 1. The van der Waals surface area contributed by atoms with Crippen LogP contribution in [0.5, 0.6) is 23.0 Å². The van der Waals surface area contributed by atoms with Gasteiger partial charge in [-0.15, -0.1) is 0 Å². The predicted octanol–water partition coefficient (Wildman–Crippen LogP) is 7.93. The molecule has 9 heteroatoms. The van der Waals surface area contributed by atoms with Crippen LogP contribution in [0.1, 0.15) is 11.1 Å². The molecule has 2 amide bonds. The maximum Gasteiger partial charge on any atom is 0.321 e. The Labute approximate surface area is 279 Å². The largest absolute Gasteiger partial charge is 0.485 e. The van der Waals surface area contributed by atoms with Gasteiger partial charge in [0.2, 0.25) is 0 Å². The Morgan fingerprint density at radius 3 is 1.83 bits per heavy atom. The van der Waals surface area contributed by atoms with Crippen LogP contribution in [0.4, 0.5) is 16.3 Å². The van der Waals surface area contributed by atoms with E-state index in [0.29, 0.717) is 62.3 Å². The van der Waals surface area contributed by atoms with E-state index in [1.54, 1.807) is 6.33 Å². The molecule has 1 saturated heterocycles. The number of ether oxygens (including phenoxy) is 3. The third kappa shape index (κ3) is 7.47. The van der Waals surface area contributed by atoms with Crippen molar-refractivity contribution in [2.75, 3.05) is 36.4 Å². The topological polar surface area (TPSA) is 89.1 Å². The van der Waals surface area contributed by atoms with Crippen molar-refractivity contribution in [3.8, 4) is 23.0 Å². The van der Waals surface area contributed by atoms with Crippen molar-refractivity contribution >= 4 is 28.4 Å². The third-order valence-electron chi connectivity index (χ3n) is 8.11. The number of hydrogen-bond acceptors (Lipinski definition) is 7. The standard InChI is InChI=1S/C39H35N5O4/c45-39(42-31-16-18-33(19-17-31)48-32-14-8-3-9-15-32)44-22-20-43(21-23-44)38-34-24-36(46-26-29-10-4-1-5-11-29)37(25-35(34)40-28-41-38)47-27-30-12-6-2-7-13-30/h1-19,24-25,28H,20-23,26-27H2,(H,42,45). The van der Waals surface area contributed by atoms with Gasteiger partial charge in [-0.1, -0.05) is 78.9 Å². The fourth-order valence-corrected chi connectivity index (χ4v) is 5.55. The zero-order valence-corrected chi connectivity index (χ0v) is 26.4. The molecule has 0 radical (unpaired) electrons. The zero-order chi connectivity index (χ0) is 32.5. The summed E-state index contributed by atoms with van der Waals surface area (Å²) in [7, 11) is 0. The van der Waals surface area contributed by atoms with E-state index in [0.717, 1.165) is 33.6 Å². The van der Waals surface area contributed by atoms with Gasteiger partial charge in [-0.2, -0.15) is 0 Å². The Balaban J connectivity index is 1.03. The molecule has 1 aromatic heterocycles. The number of nitrogens with zero attached hydrogens (tertiary/aromatic N) is 4. The van der Waals surface area contributed by atoms with Crippen LogP contribution in [-0.2, 0) is 13.2 Å². The van der Waals surface area contributed by atoms with Crippen molar-refractivity contribution in [2.24, 2.45) is 0 Å². The number of para-hydroxylation sites is 1. The molecule has 48 heavy (non-hydrogen) atoms. The zero-order valence-electron chi connectivity index (χ0n) is 26.4. The Hall–Kier alpha value is -6.09. The molecule has 1 aliphatic heterocycles. The van der Waals surface area contributed by atoms with E-state index in [2.05, 4.69) is 20.2 Å². The normalized spacial score (nSPS) is 12.8. The van der Waals surface area contributed by atoms with E-state index in [1.165, 1.54) is 0 Å². The molecule has 0 bridgehead atoms. The highest BCUT2D eigenvalue weighted by molar-refractivity contribution is 5.92. The number of hydrogen-bond donors (Lipinski definition) is 1. The number of nitrogens with one attached hydrogen (secondary N) is 1. The maximum atomic E-state index is 13.1. The van der Waals surface area contributed by atoms with Crippen molar-refractivity contribution < 1.29 is 19.0 Å². The van der Waals surface area contributed by atoms with Crippen LogP contribution in [-0.4, -0.2) is 47.1 Å². The lowest BCUT2D eigenvalue weighted by Crippen LogP contribution is -2.50. The minimum Gasteiger partial charge on any atom is -0.485 e. The SMILES string of the molecule is O=C(Nc1ccc(Oc2ccccc2)cc1)N1CCN(c2ncnc3cc(OCc4ccccc4)c(OCc4ccccc4)cc23)CC1. The average molecular weight is 638 g/mol. The molecule has 9 nitrogen and oxygen atoms in total. The van der Waals surface area contributed by atoms with Gasteiger partial charge in [-0.3, -0.25) is 0 Å². The van der Waals surface area contributed by atoms with Gasteiger partial charge in [-0.25, -0.2) is 14.8 Å². The van der Waals surface area contributed by atoms with E-state index >= 15 is 0 Å². The fraction of sp³-hybridized carbons (Fsp3) is 0.154. The lowest BCUT2D eigenvalue weighted by atomic mass is 10.1. The summed E-state index contributed by atoms with van der Waals surface area (Å²) in [6.07, 6.45) is 1.58. The molecule has 0 saturated carbocycles. The lowest BCUT2D eigenvalue weighted by Gasteiger charge is -2.35. The number of rotatable bonds is 10. The van der Waals surface area contributed by atoms with Gasteiger partial charge in [-0.05, 0) is 53.6 Å². The number of carbonyl (C=O) groups excluding carboxylic acids is 1. The molecule has 1 fully saturated rings. The van der Waals surface area contributed by atoms with Crippen molar-refractivity contribution in [3.63, 3.8) is 0 Å². The number of benzene rings is 5. The minimum absolute atomic E-state index is 0.143. The molecule has 7 rings (SSSR count). The molecule has 0 spiro atoms. The molecule has 0 atom stereocenters. The molecule has 5 aromatic carbocycles. The Morgan fingerprint density at radius 2 is 1.21 bits per heavy atom. The molecular formula is C39H35N5O4. The molecule has 1 N–H and O–H groups in total. The highest BCUT2D eigenvalue weighted by atomic mass is 16.5. The molecule has 6 aromatic rings. The van der Waals surface area contributed by atoms with Crippen LogP contribution >= 0.6 is 0 Å². The smallest absolute Gasteiger partial charge is 0.321 e. The van der Waals surface area contributed by atoms with Crippen LogP contribution in [0, 0.1) is 0 Å². The van der Waals surface area contributed by atoms with Gasteiger partial charge in [0.25, 0.3) is 0 Å². The Kier molecular flexibility index (Phi) is 9.27. The highest BCUT2D eigenvalue weighted by Gasteiger charge is 2.24. The number of fused-ring (bicyclic) bond motifs is 1. The van der Waals surface area contributed by atoms with Gasteiger partial charge >= 0.3 is 6.03 Å². The Bertz CT molecular complexity index is 1950. The van der Waals surface area contributed by atoms with E-state index in [4.69, 9.17) is 14.2 Å². The molecule has 240 valence electrons. The van der Waals surface area contributed by atoms with Gasteiger partial charge < -0.3 is 29.3 Å². The summed E-state index contributed by atoms with van der Waals surface area (Å²) in [4.78, 5) is 26.4. The first kappa shape index (κ1) is 30.6. The summed E-state index contributed by atoms with van der Waals surface area (Å²) in [6, 6.07) is 40.8. The highest BCUT2D eigenvalue weighted by Crippen LogP contribution is 2.36. The lowest BCUT2D eigenvalue weighted by molar-refractivity contribution is 0.208. The maximum absolute atomic E-state index is 13.1. The molecule has 0 unspecified atom stereocenters. The number of carbonyl (C=O) groups is 1.